The minimum atomic E-state index is -5.09. The lowest BCUT2D eigenvalue weighted by atomic mass is 9.89. The normalized spacial score (nSPS) is 16.7. The molecule has 22 nitrogen and oxygen atoms in total. The number of nitrogens with two attached hydrogens (primary N) is 2. The van der Waals surface area contributed by atoms with Crippen LogP contribution in [0.3, 0.4) is 0 Å². The smallest absolute Gasteiger partial charge is 0.394 e. The van der Waals surface area contributed by atoms with Gasteiger partial charge in [-0.25, -0.2) is 9.55 Å². The topological polar surface area (TPSA) is 334 Å². The van der Waals surface area contributed by atoms with Crippen LogP contribution in [0.5, 0.6) is 0 Å². The second kappa shape index (κ2) is 29.0. The van der Waals surface area contributed by atoms with E-state index in [0.717, 1.165) is 11.8 Å². The highest BCUT2D eigenvalue weighted by atomic mass is 32.1. The number of phosphoric ester groups is 1. The highest BCUT2D eigenvalue weighted by molar-refractivity contribution is 7.80. The number of imidazole rings is 1. The Morgan fingerprint density at radius 2 is 1.70 bits per heavy atom. The number of phosphoric acid groups is 1. The van der Waals surface area contributed by atoms with Crippen molar-refractivity contribution in [2.45, 2.75) is 109 Å². The van der Waals surface area contributed by atoms with E-state index in [1.54, 1.807) is 23.9 Å². The Morgan fingerprint density at radius 3 is 2.33 bits per heavy atom. The summed E-state index contributed by atoms with van der Waals surface area (Å²) < 4.78 is 28.8. The molecule has 25 heteroatoms. The number of nitrogens with zero attached hydrogens (tertiary/aromatic N) is 3. The molecule has 0 unspecified atom stereocenters. The van der Waals surface area contributed by atoms with Crippen molar-refractivity contribution in [1.29, 1.82) is 0 Å². The minimum absolute atomic E-state index is 0.00274. The van der Waals surface area contributed by atoms with Gasteiger partial charge in [-0.15, -0.1) is 11.3 Å². The van der Waals surface area contributed by atoms with Crippen LogP contribution in [0, 0.1) is 17.8 Å². The number of likely N-dealkylation sites (tertiary alicyclic amines) is 1. The van der Waals surface area contributed by atoms with Crippen LogP contribution in [0.15, 0.2) is 30.0 Å². The van der Waals surface area contributed by atoms with Crippen LogP contribution in [-0.2, 0) is 71.5 Å². The minimum Gasteiger partial charge on any atom is -0.394 e. The summed E-state index contributed by atoms with van der Waals surface area (Å²) >= 11 is 5.57. The molecular formula is C42H67N8O14PS2. The van der Waals surface area contributed by atoms with Crippen molar-refractivity contribution in [2.24, 2.45) is 29.2 Å². The van der Waals surface area contributed by atoms with Gasteiger partial charge in [0, 0.05) is 61.4 Å². The van der Waals surface area contributed by atoms with Gasteiger partial charge in [0.2, 0.25) is 29.5 Å². The van der Waals surface area contributed by atoms with E-state index in [9.17, 15) is 53.0 Å². The first-order valence-electron chi connectivity index (χ1n) is 22.1. The molecule has 2 aromatic heterocycles. The van der Waals surface area contributed by atoms with E-state index >= 15 is 0 Å². The molecule has 376 valence electrons. The fourth-order valence-corrected chi connectivity index (χ4v) is 8.84. The Hall–Kier alpha value is -4.10. The summed E-state index contributed by atoms with van der Waals surface area (Å²) in [4.78, 5) is 118. The lowest BCUT2D eigenvalue weighted by molar-refractivity contribution is -0.140. The van der Waals surface area contributed by atoms with Crippen molar-refractivity contribution in [3.63, 3.8) is 0 Å². The van der Waals surface area contributed by atoms with E-state index in [2.05, 4.69) is 38.1 Å². The van der Waals surface area contributed by atoms with Gasteiger partial charge in [0.1, 0.15) is 12.1 Å². The number of hydrogen-bond donors (Lipinski definition) is 9. The largest absolute Gasteiger partial charge is 0.469 e. The number of carbonyl (C=O) groups is 7. The Kier molecular flexibility index (Phi) is 24.8. The van der Waals surface area contributed by atoms with E-state index in [4.69, 9.17) is 20.9 Å². The van der Waals surface area contributed by atoms with Crippen LogP contribution < -0.4 is 27.4 Å². The molecule has 1 saturated heterocycles. The third-order valence-electron chi connectivity index (χ3n) is 11.0. The number of carbonyl (C=O) groups excluding carboxylic acids is 7. The number of nitrogens with one attached hydrogen (secondary N) is 3. The second-order valence-corrected chi connectivity index (χ2v) is 19.3. The number of Topliss-reactive ketones (excluding diaryl/α,β-unsaturated/α-hetero) is 2. The maximum absolute atomic E-state index is 14.3. The molecule has 0 spiro atoms. The van der Waals surface area contributed by atoms with Crippen LogP contribution in [0.25, 0.3) is 0 Å². The fraction of sp³-hybridized carbons (Fsp3) is 0.667. The molecule has 5 amide bonds. The van der Waals surface area contributed by atoms with E-state index in [0.29, 0.717) is 38.0 Å². The average Bonchev–Trinajstić information content (AvgIpc) is 4.07. The number of thiol groups is 1. The number of aromatic nitrogens is 2. The average molecular weight is 1000 g/mol. The Bertz CT molecular complexity index is 1970. The zero-order chi connectivity index (χ0) is 49.7. The number of primary amides is 1. The summed E-state index contributed by atoms with van der Waals surface area (Å²) in [5.74, 6) is -7.04. The molecule has 0 radical (unpaired) electrons. The highest BCUT2D eigenvalue weighted by Gasteiger charge is 2.38. The van der Waals surface area contributed by atoms with Crippen molar-refractivity contribution in [3.05, 3.63) is 40.6 Å². The third-order valence-corrected chi connectivity index (χ3v) is 12.9. The lowest BCUT2D eigenvalue weighted by Crippen LogP contribution is -2.52. The van der Waals surface area contributed by atoms with Crippen LogP contribution in [0.4, 0.5) is 0 Å². The Morgan fingerprint density at radius 1 is 1.00 bits per heavy atom. The predicted molar refractivity (Wildman–Crippen MR) is 248 cm³/mol. The number of ether oxygens (including phenoxy) is 2. The first kappa shape index (κ1) is 57.2. The molecule has 2 aromatic rings. The van der Waals surface area contributed by atoms with E-state index < -0.39 is 98.7 Å². The van der Waals surface area contributed by atoms with Crippen molar-refractivity contribution in [2.75, 3.05) is 51.9 Å². The molecule has 7 atom stereocenters. The van der Waals surface area contributed by atoms with Gasteiger partial charge in [0.25, 0.3) is 0 Å². The lowest BCUT2D eigenvalue weighted by Gasteiger charge is -2.28. The number of rotatable bonds is 33. The summed E-state index contributed by atoms with van der Waals surface area (Å²) in [5.41, 5.74) is 11.6. The Labute approximate surface area is 399 Å². The van der Waals surface area contributed by atoms with Gasteiger partial charge < -0.3 is 61.3 Å². The monoisotopic (exact) mass is 1000 g/mol. The SMILES string of the molecule is CC(C)C[C@H](NC(=O)[C@@H]1CCCN1C(=O)CCOCCOCCNC(=O)[C@@H](N)CS)C(=O)C[C@@H](Cc1cncn1CCc1cccs1)C(=O)N[C@@H](CO)C(=O)C[C@H](C(N)=O)[C@@H](C)OP(=O)(O)O. The quantitative estimate of drug-likeness (QED) is 0.0251. The van der Waals surface area contributed by atoms with Crippen LogP contribution in [0.2, 0.25) is 0 Å². The predicted octanol–water partition coefficient (Wildman–Crippen LogP) is -0.341. The zero-order valence-corrected chi connectivity index (χ0v) is 40.8. The third kappa shape index (κ3) is 20.2. The van der Waals surface area contributed by atoms with Gasteiger partial charge in [0.05, 0.1) is 75.8 Å². The molecule has 0 saturated carbocycles. The summed E-state index contributed by atoms with van der Waals surface area (Å²) in [6, 6.07) is -0.319. The zero-order valence-electron chi connectivity index (χ0n) is 38.2. The molecule has 0 aromatic carbocycles. The fourth-order valence-electron chi connectivity index (χ4n) is 7.40. The van der Waals surface area contributed by atoms with Crippen molar-refractivity contribution in [3.8, 4) is 0 Å². The Balaban J connectivity index is 1.71. The highest BCUT2D eigenvalue weighted by Crippen LogP contribution is 2.39. The van der Waals surface area contributed by atoms with Crippen LogP contribution >= 0.6 is 31.8 Å². The maximum atomic E-state index is 14.3. The summed E-state index contributed by atoms with van der Waals surface area (Å²) in [7, 11) is -5.09. The molecular weight excluding hydrogens is 936 g/mol. The summed E-state index contributed by atoms with van der Waals surface area (Å²) in [5, 5.41) is 20.2. The first-order valence-corrected chi connectivity index (χ1v) is 25.2. The van der Waals surface area contributed by atoms with Gasteiger partial charge in [-0.1, -0.05) is 19.9 Å². The molecule has 0 bridgehead atoms. The number of thiophene rings is 1. The van der Waals surface area contributed by atoms with E-state index in [1.165, 1.54) is 4.90 Å². The first-order chi connectivity index (χ1) is 31.7. The molecule has 1 aliphatic rings. The summed E-state index contributed by atoms with van der Waals surface area (Å²) in [6.45, 7) is 5.75. The number of hydrogen-bond acceptors (Lipinski definition) is 16. The molecule has 3 rings (SSSR count). The van der Waals surface area contributed by atoms with Crippen LogP contribution in [-0.4, -0.2) is 153 Å². The number of amides is 5. The van der Waals surface area contributed by atoms with Gasteiger partial charge in [-0.3, -0.25) is 38.1 Å². The van der Waals surface area contributed by atoms with Crippen molar-refractivity contribution >= 4 is 72.9 Å². The van der Waals surface area contributed by atoms with Gasteiger partial charge in [-0.2, -0.15) is 12.6 Å². The van der Waals surface area contributed by atoms with Gasteiger partial charge >= 0.3 is 7.82 Å². The van der Waals surface area contributed by atoms with E-state index in [-0.39, 0.29) is 75.7 Å². The molecule has 67 heavy (non-hydrogen) atoms. The van der Waals surface area contributed by atoms with Crippen LogP contribution in [0.1, 0.15) is 69.9 Å². The molecule has 1 fully saturated rings. The van der Waals surface area contributed by atoms with Gasteiger partial charge in [0.15, 0.2) is 11.6 Å². The number of aliphatic hydroxyl groups excluding tert-OH is 1. The molecule has 1 aliphatic heterocycles. The summed E-state index contributed by atoms with van der Waals surface area (Å²) in [6.07, 6.45) is 2.20. The van der Waals surface area contributed by atoms with Crippen molar-refractivity contribution in [1.82, 2.24) is 30.4 Å². The van der Waals surface area contributed by atoms with Gasteiger partial charge in [-0.05, 0) is 50.0 Å². The standard InChI is InChI=1S/C42H67N8O14PS2/c1-26(2)18-33(47-42(58)35-7-4-11-50(35)38(54)9-13-62-15-16-63-14-10-46-41(57)32(43)24-66)36(52)20-28(19-29-22-45-25-49(29)12-8-30-6-5-17-67-30)40(56)48-34(23-51)37(53)21-31(39(44)55)27(3)64-65(59,60)61/h5-6,17,22,25-28,31-35,51,66H,4,7-16,18-21,23-24,43H2,1-3H3,(H2,44,55)(H,46,57)(H,47,58)(H,48,56)(H2,59,60,61)/t27-,28-,31+,32+,33+,34+,35+/m1/s1. The maximum Gasteiger partial charge on any atom is 0.469 e. The van der Waals surface area contributed by atoms with E-state index in [1.807, 2.05) is 35.9 Å². The number of aryl methyl sites for hydroxylation is 2. The van der Waals surface area contributed by atoms with Crippen molar-refractivity contribution < 1.29 is 67.0 Å². The number of ketones is 2. The second-order valence-electron chi connectivity index (χ2n) is 16.7. The number of aliphatic hydroxyl groups is 1. The molecule has 0 aliphatic carbocycles. The molecule has 10 N–H and O–H groups in total. The molecule has 3 heterocycles.